The van der Waals surface area contributed by atoms with Crippen LogP contribution in [0, 0.1) is 5.92 Å². The van der Waals surface area contributed by atoms with Crippen molar-refractivity contribution in [1.82, 2.24) is 0 Å². The largest absolute Gasteiger partial charge is 0.493 e. The van der Waals surface area contributed by atoms with Crippen LogP contribution < -0.4 is 0 Å². The Balaban J connectivity index is 2.58. The van der Waals surface area contributed by atoms with Gasteiger partial charge in [-0.1, -0.05) is 13.8 Å². The zero-order valence-corrected chi connectivity index (χ0v) is 8.33. The number of allylic oxidation sites excluding steroid dienone is 1. The molecule has 1 rings (SSSR count). The van der Waals surface area contributed by atoms with Crippen LogP contribution >= 0.6 is 0 Å². The predicted molar refractivity (Wildman–Crippen MR) is 48.9 cm³/mol. The Labute approximate surface area is 74.6 Å². The molecule has 0 amide bonds. The highest BCUT2D eigenvalue weighted by molar-refractivity contribution is 4.96. The fraction of sp³-hybridized carbons (Fsp3) is 0.800. The third kappa shape index (κ3) is 2.52. The van der Waals surface area contributed by atoms with Gasteiger partial charge in [0.15, 0.2) is 0 Å². The van der Waals surface area contributed by atoms with Gasteiger partial charge in [-0.15, -0.1) is 0 Å². The Kier molecular flexibility index (Phi) is 3.15. The summed E-state index contributed by atoms with van der Waals surface area (Å²) in [5, 5.41) is 0. The molecular weight excluding hydrogens is 152 g/mol. The van der Waals surface area contributed by atoms with Gasteiger partial charge in [0.1, 0.15) is 6.10 Å². The third-order valence-electron chi connectivity index (χ3n) is 2.07. The Bertz CT molecular complexity index is 173. The van der Waals surface area contributed by atoms with Crippen LogP contribution in [0.5, 0.6) is 0 Å². The molecule has 0 spiro atoms. The highest BCUT2D eigenvalue weighted by Crippen LogP contribution is 2.17. The molecule has 0 bridgehead atoms. The van der Waals surface area contributed by atoms with E-state index in [2.05, 4.69) is 13.8 Å². The summed E-state index contributed by atoms with van der Waals surface area (Å²) in [5.74, 6) is 1.50. The summed E-state index contributed by atoms with van der Waals surface area (Å²) >= 11 is 0. The van der Waals surface area contributed by atoms with E-state index < -0.39 is 0 Å². The van der Waals surface area contributed by atoms with Gasteiger partial charge in [0.25, 0.3) is 0 Å². The first-order valence-corrected chi connectivity index (χ1v) is 4.56. The highest BCUT2D eigenvalue weighted by atomic mass is 16.5. The van der Waals surface area contributed by atoms with Gasteiger partial charge < -0.3 is 9.47 Å². The second kappa shape index (κ2) is 3.94. The van der Waals surface area contributed by atoms with E-state index in [9.17, 15) is 0 Å². The first-order chi connectivity index (χ1) is 5.59. The molecule has 2 unspecified atom stereocenters. The zero-order chi connectivity index (χ0) is 9.14. The molecule has 2 heteroatoms. The normalized spacial score (nSPS) is 30.9. The van der Waals surface area contributed by atoms with E-state index in [0.29, 0.717) is 12.5 Å². The number of hydrogen-bond acceptors (Lipinski definition) is 2. The summed E-state index contributed by atoms with van der Waals surface area (Å²) in [6, 6.07) is 0. The molecule has 0 aromatic carbocycles. The summed E-state index contributed by atoms with van der Waals surface area (Å²) in [4.78, 5) is 0. The molecule has 0 aliphatic carbocycles. The number of hydrogen-bond donors (Lipinski definition) is 0. The Morgan fingerprint density at radius 2 is 2.17 bits per heavy atom. The number of ether oxygens (including phenoxy) is 2. The van der Waals surface area contributed by atoms with E-state index >= 15 is 0 Å². The molecule has 0 saturated heterocycles. The van der Waals surface area contributed by atoms with Crippen LogP contribution in [0.4, 0.5) is 0 Å². The van der Waals surface area contributed by atoms with Crippen LogP contribution in [0.2, 0.25) is 0 Å². The van der Waals surface area contributed by atoms with Crippen LogP contribution in [0.3, 0.4) is 0 Å². The molecule has 0 N–H and O–H groups in total. The molecule has 70 valence electrons. The monoisotopic (exact) mass is 170 g/mol. The standard InChI is InChI=1S/C10H18O2/c1-7(2)10-6-11-8(3)5-9(4)12-10/h5,7-8,10H,6H2,1-4H3. The van der Waals surface area contributed by atoms with E-state index in [-0.39, 0.29) is 12.2 Å². The lowest BCUT2D eigenvalue weighted by atomic mass is 10.1. The second-order valence-corrected chi connectivity index (χ2v) is 3.72. The minimum absolute atomic E-state index is 0.189. The van der Waals surface area contributed by atoms with Gasteiger partial charge in [-0.2, -0.15) is 0 Å². The first kappa shape index (κ1) is 9.59. The van der Waals surface area contributed by atoms with Gasteiger partial charge in [-0.3, -0.25) is 0 Å². The maximum absolute atomic E-state index is 5.68. The van der Waals surface area contributed by atoms with E-state index in [1.807, 2.05) is 19.9 Å². The summed E-state index contributed by atoms with van der Waals surface area (Å²) in [6.45, 7) is 9.03. The maximum Gasteiger partial charge on any atom is 0.124 e. The lowest BCUT2D eigenvalue weighted by molar-refractivity contribution is -0.00366. The highest BCUT2D eigenvalue weighted by Gasteiger charge is 2.19. The van der Waals surface area contributed by atoms with Gasteiger partial charge in [-0.25, -0.2) is 0 Å². The van der Waals surface area contributed by atoms with Crippen LogP contribution in [0.25, 0.3) is 0 Å². The minimum Gasteiger partial charge on any atom is -0.493 e. The topological polar surface area (TPSA) is 18.5 Å². The van der Waals surface area contributed by atoms with E-state index in [1.54, 1.807) is 0 Å². The lowest BCUT2D eigenvalue weighted by Gasteiger charge is -2.20. The average Bonchev–Trinajstić information content (AvgIpc) is 2.11. The van der Waals surface area contributed by atoms with Crippen LogP contribution in [-0.4, -0.2) is 18.8 Å². The van der Waals surface area contributed by atoms with Crippen molar-refractivity contribution in [3.63, 3.8) is 0 Å². The molecule has 1 heterocycles. The Morgan fingerprint density at radius 3 is 2.75 bits per heavy atom. The van der Waals surface area contributed by atoms with Gasteiger partial charge in [0.05, 0.1) is 18.5 Å². The SMILES string of the molecule is CC1=CC(C)OCC(C(C)C)O1. The van der Waals surface area contributed by atoms with Gasteiger partial charge in [0, 0.05) is 0 Å². The Hall–Kier alpha value is -0.500. The lowest BCUT2D eigenvalue weighted by Crippen LogP contribution is -2.24. The van der Waals surface area contributed by atoms with Crippen LogP contribution in [0.1, 0.15) is 27.7 Å². The second-order valence-electron chi connectivity index (χ2n) is 3.72. The van der Waals surface area contributed by atoms with Crippen molar-refractivity contribution in [2.75, 3.05) is 6.61 Å². The molecule has 1 aliphatic heterocycles. The fourth-order valence-electron chi connectivity index (χ4n) is 1.27. The van der Waals surface area contributed by atoms with Crippen molar-refractivity contribution >= 4 is 0 Å². The minimum atomic E-state index is 0.189. The van der Waals surface area contributed by atoms with E-state index in [0.717, 1.165) is 5.76 Å². The zero-order valence-electron chi connectivity index (χ0n) is 8.33. The molecule has 12 heavy (non-hydrogen) atoms. The molecule has 0 aromatic rings. The molecule has 0 saturated carbocycles. The summed E-state index contributed by atoms with van der Waals surface area (Å²) in [6.07, 6.45) is 2.42. The van der Waals surface area contributed by atoms with Crippen LogP contribution in [0.15, 0.2) is 11.8 Å². The molecule has 2 nitrogen and oxygen atoms in total. The molecule has 0 aromatic heterocycles. The van der Waals surface area contributed by atoms with E-state index in [1.165, 1.54) is 0 Å². The predicted octanol–water partition coefficient (Wildman–Crippen LogP) is 2.35. The molecule has 1 aliphatic rings. The molecule has 0 fully saturated rings. The summed E-state index contributed by atoms with van der Waals surface area (Å²) in [5.41, 5.74) is 0. The molecule has 0 radical (unpaired) electrons. The van der Waals surface area contributed by atoms with Gasteiger partial charge in [0.2, 0.25) is 0 Å². The number of rotatable bonds is 1. The van der Waals surface area contributed by atoms with E-state index in [4.69, 9.17) is 9.47 Å². The molecular formula is C10H18O2. The van der Waals surface area contributed by atoms with Crippen molar-refractivity contribution in [2.45, 2.75) is 39.9 Å². The quantitative estimate of drug-likeness (QED) is 0.601. The molecule has 2 atom stereocenters. The van der Waals surface area contributed by atoms with Crippen molar-refractivity contribution < 1.29 is 9.47 Å². The van der Waals surface area contributed by atoms with Gasteiger partial charge >= 0.3 is 0 Å². The first-order valence-electron chi connectivity index (χ1n) is 4.56. The van der Waals surface area contributed by atoms with Crippen molar-refractivity contribution in [3.05, 3.63) is 11.8 Å². The van der Waals surface area contributed by atoms with Crippen LogP contribution in [-0.2, 0) is 9.47 Å². The maximum atomic E-state index is 5.68. The Morgan fingerprint density at radius 1 is 1.50 bits per heavy atom. The third-order valence-corrected chi connectivity index (χ3v) is 2.07. The van der Waals surface area contributed by atoms with Crippen molar-refractivity contribution in [3.8, 4) is 0 Å². The summed E-state index contributed by atoms with van der Waals surface area (Å²) < 4.78 is 11.2. The van der Waals surface area contributed by atoms with Crippen molar-refractivity contribution in [1.29, 1.82) is 0 Å². The van der Waals surface area contributed by atoms with Crippen molar-refractivity contribution in [2.24, 2.45) is 5.92 Å². The fourth-order valence-corrected chi connectivity index (χ4v) is 1.27. The van der Waals surface area contributed by atoms with Gasteiger partial charge in [-0.05, 0) is 25.8 Å². The summed E-state index contributed by atoms with van der Waals surface area (Å²) in [7, 11) is 0. The average molecular weight is 170 g/mol. The smallest absolute Gasteiger partial charge is 0.124 e.